The van der Waals surface area contributed by atoms with Crippen LogP contribution in [-0.4, -0.2) is 113 Å². The number of aliphatic hydroxyl groups excluding tert-OH is 1. The van der Waals surface area contributed by atoms with Crippen LogP contribution in [-0.2, 0) is 29.9 Å². The minimum absolute atomic E-state index is 0.0108. The largest absolute Gasteiger partial charge is 0.474 e. The van der Waals surface area contributed by atoms with Crippen molar-refractivity contribution in [2.45, 2.75) is 47.7 Å². The predicted molar refractivity (Wildman–Crippen MR) is 208 cm³/mol. The summed E-state index contributed by atoms with van der Waals surface area (Å²) in [5.41, 5.74) is 2.14. The van der Waals surface area contributed by atoms with Crippen LogP contribution in [0.3, 0.4) is 0 Å². The smallest absolute Gasteiger partial charge is 0.416 e. The number of rotatable bonds is 19. The van der Waals surface area contributed by atoms with E-state index in [0.29, 0.717) is 102 Å². The van der Waals surface area contributed by atoms with Crippen LogP contribution in [0.4, 0.5) is 24.5 Å². The van der Waals surface area contributed by atoms with Crippen molar-refractivity contribution in [2.75, 3.05) is 103 Å². The highest BCUT2D eigenvalue weighted by Gasteiger charge is 2.31. The van der Waals surface area contributed by atoms with Crippen molar-refractivity contribution < 1.29 is 51.5 Å². The van der Waals surface area contributed by atoms with Gasteiger partial charge in [-0.2, -0.15) is 13.2 Å². The summed E-state index contributed by atoms with van der Waals surface area (Å²) in [7, 11) is 0. The molecular formula is C40H57F3N4O8. The topological polar surface area (TPSA) is 134 Å². The molecule has 0 unspecified atom stereocenters. The van der Waals surface area contributed by atoms with Gasteiger partial charge in [-0.25, -0.2) is 4.98 Å². The standard InChI is InChI=1S/C33H41F3N4O8.C3H4.2C2H6/c1-24-29(21-28(23-37-24)39-31(42)25-3-2-4-27(19-25)33(34,35)36)26-20-30(40-5-8-43-9-6-40)32(38-22-26)48-18-17-47-16-15-46-14-13-45-12-11-44-10-7-41;1-3-2;2*1-2/h2-4,19-23,41H,5-18H2,1H3,(H,39,42);1H,2H3;2*1-2H3. The number of aryl methyl sites for hydroxylation is 1. The molecule has 1 aliphatic heterocycles. The van der Waals surface area contributed by atoms with Gasteiger partial charge in [0.2, 0.25) is 5.88 Å². The molecule has 306 valence electrons. The first kappa shape index (κ1) is 48.7. The first-order valence-electron chi connectivity index (χ1n) is 18.4. The summed E-state index contributed by atoms with van der Waals surface area (Å²) in [6.45, 7) is 17.2. The Bertz CT molecular complexity index is 1530. The van der Waals surface area contributed by atoms with Crippen molar-refractivity contribution in [2.24, 2.45) is 0 Å². The maximum absolute atomic E-state index is 13.2. The number of carbonyl (C=O) groups is 1. The third-order valence-electron chi connectivity index (χ3n) is 7.11. The lowest BCUT2D eigenvalue weighted by Gasteiger charge is -2.30. The molecule has 0 bridgehead atoms. The molecule has 0 radical (unpaired) electrons. The molecule has 1 fully saturated rings. The number of aromatic nitrogens is 2. The number of ether oxygens (including phenoxy) is 6. The molecule has 3 heterocycles. The number of amides is 1. The van der Waals surface area contributed by atoms with E-state index in [2.05, 4.69) is 32.5 Å². The number of hydrogen-bond donors (Lipinski definition) is 2. The summed E-state index contributed by atoms with van der Waals surface area (Å²) >= 11 is 0. The molecule has 3 aromatic rings. The molecule has 0 atom stereocenters. The molecule has 2 aromatic heterocycles. The van der Waals surface area contributed by atoms with Crippen molar-refractivity contribution in [3.63, 3.8) is 0 Å². The average Bonchev–Trinajstić information content (AvgIpc) is 3.20. The van der Waals surface area contributed by atoms with E-state index in [0.717, 1.165) is 23.4 Å². The van der Waals surface area contributed by atoms with Crippen LogP contribution in [0.1, 0.15) is 56.2 Å². The van der Waals surface area contributed by atoms with Crippen LogP contribution in [0.2, 0.25) is 0 Å². The quantitative estimate of drug-likeness (QED) is 0.0997. The molecule has 0 spiro atoms. The highest BCUT2D eigenvalue weighted by molar-refractivity contribution is 6.04. The normalized spacial score (nSPS) is 12.1. The van der Waals surface area contributed by atoms with Gasteiger partial charge >= 0.3 is 6.18 Å². The van der Waals surface area contributed by atoms with Crippen molar-refractivity contribution >= 4 is 17.3 Å². The van der Waals surface area contributed by atoms with Crippen LogP contribution in [0.25, 0.3) is 11.1 Å². The number of pyridine rings is 2. The molecule has 1 aliphatic rings. The fourth-order valence-electron chi connectivity index (χ4n) is 4.69. The number of terminal acetylenes is 1. The molecule has 1 saturated heterocycles. The Morgan fingerprint density at radius 3 is 2.02 bits per heavy atom. The minimum Gasteiger partial charge on any atom is -0.474 e. The first-order valence-corrected chi connectivity index (χ1v) is 18.4. The Morgan fingerprint density at radius 1 is 0.891 bits per heavy atom. The molecule has 12 nitrogen and oxygen atoms in total. The maximum atomic E-state index is 13.2. The molecule has 4 rings (SSSR count). The fourth-order valence-corrected chi connectivity index (χ4v) is 4.69. The van der Waals surface area contributed by atoms with E-state index in [1.54, 1.807) is 19.2 Å². The number of carbonyl (C=O) groups excluding carboxylic acids is 1. The van der Waals surface area contributed by atoms with Crippen molar-refractivity contribution in [3.05, 3.63) is 65.6 Å². The van der Waals surface area contributed by atoms with Crippen LogP contribution in [0, 0.1) is 19.3 Å². The maximum Gasteiger partial charge on any atom is 0.416 e. The molecule has 0 saturated carbocycles. The van der Waals surface area contributed by atoms with Crippen molar-refractivity contribution in [1.29, 1.82) is 0 Å². The van der Waals surface area contributed by atoms with Gasteiger partial charge in [0.1, 0.15) is 12.3 Å². The lowest BCUT2D eigenvalue weighted by atomic mass is 10.0. The summed E-state index contributed by atoms with van der Waals surface area (Å²) < 4.78 is 72.6. The number of anilines is 2. The van der Waals surface area contributed by atoms with Crippen molar-refractivity contribution in [1.82, 2.24) is 9.97 Å². The van der Waals surface area contributed by atoms with Gasteiger partial charge in [0.25, 0.3) is 5.91 Å². The summed E-state index contributed by atoms with van der Waals surface area (Å²) in [5.74, 6) is 1.99. The minimum atomic E-state index is -4.56. The fraction of sp³-hybridized carbons (Fsp3) is 0.525. The van der Waals surface area contributed by atoms with Crippen LogP contribution in [0.5, 0.6) is 5.88 Å². The second-order valence-corrected chi connectivity index (χ2v) is 10.8. The first-order chi connectivity index (χ1) is 26.7. The van der Waals surface area contributed by atoms with Crippen LogP contribution in [0.15, 0.2) is 48.8 Å². The highest BCUT2D eigenvalue weighted by atomic mass is 19.4. The number of halogens is 3. The molecule has 1 aromatic carbocycles. The lowest BCUT2D eigenvalue weighted by molar-refractivity contribution is -0.137. The van der Waals surface area contributed by atoms with Crippen LogP contribution < -0.4 is 15.0 Å². The molecule has 15 heteroatoms. The number of nitrogens with one attached hydrogen (secondary N) is 1. The van der Waals surface area contributed by atoms with E-state index < -0.39 is 17.6 Å². The van der Waals surface area contributed by atoms with Gasteiger partial charge in [-0.15, -0.1) is 12.3 Å². The van der Waals surface area contributed by atoms with E-state index in [1.165, 1.54) is 18.3 Å². The van der Waals surface area contributed by atoms with Gasteiger partial charge in [0.05, 0.1) is 90.1 Å². The third-order valence-corrected chi connectivity index (χ3v) is 7.11. The lowest BCUT2D eigenvalue weighted by Crippen LogP contribution is -2.36. The second-order valence-electron chi connectivity index (χ2n) is 10.8. The second kappa shape index (κ2) is 29.0. The number of alkyl halides is 3. The highest BCUT2D eigenvalue weighted by Crippen LogP contribution is 2.34. The Balaban J connectivity index is 0.00000202. The Labute approximate surface area is 323 Å². The number of morpholine rings is 1. The predicted octanol–water partition coefficient (Wildman–Crippen LogP) is 6.69. The Kier molecular flexibility index (Phi) is 25.7. The average molecular weight is 779 g/mol. The van der Waals surface area contributed by atoms with E-state index in [4.69, 9.17) is 33.5 Å². The molecular weight excluding hydrogens is 721 g/mol. The van der Waals surface area contributed by atoms with Gasteiger partial charge < -0.3 is 43.7 Å². The van der Waals surface area contributed by atoms with Gasteiger partial charge in [0, 0.05) is 41.7 Å². The monoisotopic (exact) mass is 778 g/mol. The van der Waals surface area contributed by atoms with Gasteiger partial charge in [0.15, 0.2) is 0 Å². The number of nitrogens with zero attached hydrogens (tertiary/aromatic N) is 3. The SMILES string of the molecule is C#CC.CC.CC.Cc1ncc(NC(=O)c2cccc(C(F)(F)F)c2)cc1-c1cnc(OCCOCCOCCOCCOCCO)c(N2CCOCC2)c1. The summed E-state index contributed by atoms with van der Waals surface area (Å²) in [6, 6.07) is 7.89. The number of aliphatic hydroxyl groups is 1. The number of benzene rings is 1. The van der Waals surface area contributed by atoms with E-state index in [1.807, 2.05) is 40.7 Å². The zero-order valence-corrected chi connectivity index (χ0v) is 32.9. The van der Waals surface area contributed by atoms with Crippen molar-refractivity contribution in [3.8, 4) is 29.4 Å². The zero-order valence-electron chi connectivity index (χ0n) is 32.9. The van der Waals surface area contributed by atoms with E-state index in [-0.39, 0.29) is 18.8 Å². The van der Waals surface area contributed by atoms with Gasteiger partial charge in [-0.1, -0.05) is 33.8 Å². The third kappa shape index (κ3) is 18.7. The van der Waals surface area contributed by atoms with E-state index in [9.17, 15) is 18.0 Å². The van der Waals surface area contributed by atoms with E-state index >= 15 is 0 Å². The molecule has 0 aliphatic carbocycles. The molecule has 1 amide bonds. The molecule has 2 N–H and O–H groups in total. The number of hydrogen-bond acceptors (Lipinski definition) is 11. The summed E-state index contributed by atoms with van der Waals surface area (Å²) in [4.78, 5) is 23.9. The van der Waals surface area contributed by atoms with Crippen LogP contribution >= 0.6 is 0 Å². The van der Waals surface area contributed by atoms with Gasteiger partial charge in [-0.05, 0) is 44.2 Å². The Morgan fingerprint density at radius 2 is 1.45 bits per heavy atom. The zero-order chi connectivity index (χ0) is 40.9. The Hall–Kier alpha value is -4.30. The summed E-state index contributed by atoms with van der Waals surface area (Å²) in [5, 5.41) is 11.3. The summed E-state index contributed by atoms with van der Waals surface area (Å²) in [6.07, 6.45) is 3.14. The van der Waals surface area contributed by atoms with Gasteiger partial charge in [-0.3, -0.25) is 9.78 Å². The molecule has 55 heavy (non-hydrogen) atoms.